The van der Waals surface area contributed by atoms with Crippen molar-refractivity contribution in [1.29, 1.82) is 0 Å². The molecule has 0 radical (unpaired) electrons. The molecule has 2 nitrogen and oxygen atoms in total. The van der Waals surface area contributed by atoms with Gasteiger partial charge in [-0.3, -0.25) is 0 Å². The van der Waals surface area contributed by atoms with Crippen LogP contribution in [0, 0.1) is 5.92 Å². The Morgan fingerprint density at radius 1 is 1.28 bits per heavy atom. The van der Waals surface area contributed by atoms with Crippen molar-refractivity contribution in [2.24, 2.45) is 5.92 Å². The number of hydrogen-bond donors (Lipinski definition) is 0. The van der Waals surface area contributed by atoms with E-state index in [1.807, 2.05) is 12.1 Å². The van der Waals surface area contributed by atoms with Crippen molar-refractivity contribution in [3.05, 3.63) is 29.0 Å². The Morgan fingerprint density at radius 3 is 2.61 bits per heavy atom. The fourth-order valence-corrected chi connectivity index (χ4v) is 2.69. The van der Waals surface area contributed by atoms with Crippen LogP contribution in [0.5, 0.6) is 0 Å². The third-order valence-corrected chi connectivity index (χ3v) is 4.07. The molecule has 2 aromatic rings. The summed E-state index contributed by atoms with van der Waals surface area (Å²) in [7, 11) is 0. The zero-order valence-corrected chi connectivity index (χ0v) is 12.3. The van der Waals surface area contributed by atoms with E-state index in [2.05, 4.69) is 29.5 Å². The van der Waals surface area contributed by atoms with E-state index >= 15 is 0 Å². The summed E-state index contributed by atoms with van der Waals surface area (Å²) in [4.78, 5) is 4.55. The molecule has 0 bridgehead atoms. The van der Waals surface area contributed by atoms with Gasteiger partial charge in [-0.25, -0.2) is 4.98 Å². The normalized spacial score (nSPS) is 11.6. The fourth-order valence-electron chi connectivity index (χ4n) is 2.27. The highest BCUT2D eigenvalue weighted by Crippen LogP contribution is 2.26. The van der Waals surface area contributed by atoms with Crippen LogP contribution in [-0.2, 0) is 12.4 Å². The lowest BCUT2D eigenvalue weighted by molar-refractivity contribution is 0.419. The van der Waals surface area contributed by atoms with E-state index in [0.717, 1.165) is 23.4 Å². The number of aromatic nitrogens is 2. The van der Waals surface area contributed by atoms with Gasteiger partial charge in [-0.05, 0) is 18.1 Å². The summed E-state index contributed by atoms with van der Waals surface area (Å²) in [5.41, 5.74) is 1.95. The van der Waals surface area contributed by atoms with Crippen molar-refractivity contribution >= 4 is 34.2 Å². The van der Waals surface area contributed by atoms with Gasteiger partial charge in [-0.1, -0.05) is 44.4 Å². The first kappa shape index (κ1) is 13.7. The van der Waals surface area contributed by atoms with E-state index in [4.69, 9.17) is 23.2 Å². The van der Waals surface area contributed by atoms with Crippen LogP contribution in [0.3, 0.4) is 0 Å². The van der Waals surface area contributed by atoms with Crippen molar-refractivity contribution in [3.63, 3.8) is 0 Å². The van der Waals surface area contributed by atoms with Gasteiger partial charge in [0.25, 0.3) is 0 Å². The number of rotatable bonds is 5. The Kier molecular flexibility index (Phi) is 4.52. The molecule has 0 unspecified atom stereocenters. The second kappa shape index (κ2) is 5.94. The van der Waals surface area contributed by atoms with Crippen LogP contribution < -0.4 is 0 Å². The average Bonchev–Trinajstić information content (AvgIpc) is 2.75. The number of para-hydroxylation sites is 1. The molecule has 0 spiro atoms. The molecule has 0 amide bonds. The number of nitrogens with zero attached hydrogens (tertiary/aromatic N) is 2. The van der Waals surface area contributed by atoms with E-state index in [-0.39, 0.29) is 0 Å². The fraction of sp³-hybridized carbons (Fsp3) is 0.500. The number of halogens is 2. The van der Waals surface area contributed by atoms with Crippen LogP contribution in [0.4, 0.5) is 0 Å². The molecule has 0 saturated heterocycles. The van der Waals surface area contributed by atoms with Gasteiger partial charge < -0.3 is 4.57 Å². The highest BCUT2D eigenvalue weighted by molar-refractivity contribution is 6.35. The summed E-state index contributed by atoms with van der Waals surface area (Å²) in [6.07, 6.45) is 2.33. The zero-order chi connectivity index (χ0) is 13.1. The van der Waals surface area contributed by atoms with Crippen LogP contribution in [0.25, 0.3) is 11.0 Å². The Morgan fingerprint density at radius 2 is 2.00 bits per heavy atom. The minimum atomic E-state index is 0.422. The Hall–Kier alpha value is -0.730. The maximum absolute atomic E-state index is 6.18. The molecule has 4 heteroatoms. The Bertz CT molecular complexity index is 530. The lowest BCUT2D eigenvalue weighted by Crippen LogP contribution is -2.11. The molecule has 2 rings (SSSR count). The summed E-state index contributed by atoms with van der Waals surface area (Å²) in [5.74, 6) is 1.99. The maximum atomic E-state index is 6.18. The van der Waals surface area contributed by atoms with Gasteiger partial charge >= 0.3 is 0 Å². The predicted octanol–water partition coefficient (Wildman–Crippen LogP) is 4.86. The van der Waals surface area contributed by atoms with E-state index in [1.165, 1.54) is 12.8 Å². The van der Waals surface area contributed by atoms with Gasteiger partial charge in [0.05, 0.1) is 16.4 Å². The molecule has 0 saturated carbocycles. The SMILES string of the molecule is CCC(CC)Cn1c(CCl)nc2c(Cl)cccc21. The standard InChI is InChI=1S/C14H18Cl2N2/c1-3-10(4-2)9-18-12-7-5-6-11(16)14(12)17-13(18)8-15/h5-7,10H,3-4,8-9H2,1-2H3. The highest BCUT2D eigenvalue weighted by Gasteiger charge is 2.14. The van der Waals surface area contributed by atoms with Gasteiger partial charge in [0.1, 0.15) is 11.3 Å². The minimum absolute atomic E-state index is 0.422. The molecular weight excluding hydrogens is 267 g/mol. The van der Waals surface area contributed by atoms with Crippen LogP contribution in [0.1, 0.15) is 32.5 Å². The molecule has 1 aromatic carbocycles. The molecule has 0 aliphatic rings. The summed E-state index contributed by atoms with van der Waals surface area (Å²) in [5, 5.41) is 0.696. The van der Waals surface area contributed by atoms with Crippen molar-refractivity contribution in [1.82, 2.24) is 9.55 Å². The van der Waals surface area contributed by atoms with E-state index in [9.17, 15) is 0 Å². The third kappa shape index (κ3) is 2.50. The van der Waals surface area contributed by atoms with Gasteiger partial charge in [-0.2, -0.15) is 0 Å². The number of hydrogen-bond acceptors (Lipinski definition) is 1. The number of alkyl halides is 1. The Labute approximate surface area is 118 Å². The van der Waals surface area contributed by atoms with Crippen molar-refractivity contribution in [2.45, 2.75) is 39.1 Å². The summed E-state index contributed by atoms with van der Waals surface area (Å²) < 4.78 is 2.21. The van der Waals surface area contributed by atoms with Crippen LogP contribution in [0.2, 0.25) is 5.02 Å². The molecule has 18 heavy (non-hydrogen) atoms. The first-order valence-electron chi connectivity index (χ1n) is 6.40. The van der Waals surface area contributed by atoms with E-state index in [0.29, 0.717) is 16.8 Å². The summed E-state index contributed by atoms with van der Waals surface area (Å²) in [6.45, 7) is 5.41. The van der Waals surface area contributed by atoms with E-state index < -0.39 is 0 Å². The van der Waals surface area contributed by atoms with Crippen molar-refractivity contribution in [2.75, 3.05) is 0 Å². The smallest absolute Gasteiger partial charge is 0.124 e. The molecule has 0 fully saturated rings. The maximum Gasteiger partial charge on any atom is 0.124 e. The minimum Gasteiger partial charge on any atom is -0.327 e. The van der Waals surface area contributed by atoms with Crippen LogP contribution >= 0.6 is 23.2 Å². The number of imidazole rings is 1. The lowest BCUT2D eigenvalue weighted by Gasteiger charge is -2.15. The van der Waals surface area contributed by atoms with Gasteiger partial charge in [0.2, 0.25) is 0 Å². The monoisotopic (exact) mass is 284 g/mol. The largest absolute Gasteiger partial charge is 0.327 e. The van der Waals surface area contributed by atoms with Gasteiger partial charge in [-0.15, -0.1) is 11.6 Å². The molecule has 98 valence electrons. The van der Waals surface area contributed by atoms with Crippen LogP contribution in [-0.4, -0.2) is 9.55 Å². The second-order valence-corrected chi connectivity index (χ2v) is 5.24. The molecule has 1 aromatic heterocycles. The molecule has 1 heterocycles. The molecule has 0 aliphatic heterocycles. The molecule has 0 atom stereocenters. The topological polar surface area (TPSA) is 17.8 Å². The first-order chi connectivity index (χ1) is 8.71. The van der Waals surface area contributed by atoms with Gasteiger partial charge in [0.15, 0.2) is 0 Å². The zero-order valence-electron chi connectivity index (χ0n) is 10.8. The first-order valence-corrected chi connectivity index (χ1v) is 7.32. The second-order valence-electron chi connectivity index (χ2n) is 4.56. The molecule has 0 aliphatic carbocycles. The summed E-state index contributed by atoms with van der Waals surface area (Å²) >= 11 is 12.2. The Balaban J connectivity index is 2.50. The predicted molar refractivity (Wildman–Crippen MR) is 78.4 cm³/mol. The number of fused-ring (bicyclic) bond motifs is 1. The van der Waals surface area contributed by atoms with Crippen molar-refractivity contribution in [3.8, 4) is 0 Å². The third-order valence-electron chi connectivity index (χ3n) is 3.52. The highest BCUT2D eigenvalue weighted by atomic mass is 35.5. The lowest BCUT2D eigenvalue weighted by atomic mass is 10.0. The molecular formula is C14H18Cl2N2. The van der Waals surface area contributed by atoms with Crippen molar-refractivity contribution < 1.29 is 0 Å². The quantitative estimate of drug-likeness (QED) is 0.717. The average molecular weight is 285 g/mol. The summed E-state index contributed by atoms with van der Waals surface area (Å²) in [6, 6.07) is 5.90. The van der Waals surface area contributed by atoms with E-state index in [1.54, 1.807) is 0 Å². The number of benzene rings is 1. The molecule has 0 N–H and O–H groups in total. The van der Waals surface area contributed by atoms with Gasteiger partial charge in [0, 0.05) is 6.54 Å². The van der Waals surface area contributed by atoms with Crippen LogP contribution in [0.15, 0.2) is 18.2 Å².